The zero-order valence-corrected chi connectivity index (χ0v) is 20.5. The molecule has 0 saturated carbocycles. The summed E-state index contributed by atoms with van der Waals surface area (Å²) in [6, 6.07) is 18.1. The van der Waals surface area contributed by atoms with E-state index in [0.717, 1.165) is 11.1 Å². The number of halogens is 2. The molecular formula is C26H25F2N3O4S. The molecule has 0 aliphatic carbocycles. The van der Waals surface area contributed by atoms with Gasteiger partial charge in [-0.3, -0.25) is 4.98 Å². The molecule has 4 rings (SSSR count). The maximum Gasteiger partial charge on any atom is 0.280 e. The number of hydrogen-bond acceptors (Lipinski definition) is 6. The van der Waals surface area contributed by atoms with Gasteiger partial charge in [0.2, 0.25) is 10.0 Å². The Morgan fingerprint density at radius 2 is 1.39 bits per heavy atom. The number of methoxy groups -OCH3 is 2. The number of pyridine rings is 1. The minimum absolute atomic E-state index is 0.0000741. The minimum Gasteiger partial charge on any atom is -0.497 e. The summed E-state index contributed by atoms with van der Waals surface area (Å²) in [6.07, 6.45) is -1.71. The molecule has 0 aliphatic heterocycles. The number of nitrogens with zero attached hydrogens (tertiary/aromatic N) is 2. The number of nitrogens with two attached hydrogens (primary N) is 1. The Labute approximate surface area is 208 Å². The topological polar surface area (TPSA) is 94.8 Å². The predicted octanol–water partition coefficient (Wildman–Crippen LogP) is 5.16. The molecule has 10 heteroatoms. The van der Waals surface area contributed by atoms with Crippen molar-refractivity contribution in [2.45, 2.75) is 24.4 Å². The molecule has 0 unspecified atom stereocenters. The number of ether oxygens (including phenoxy) is 2. The Kier molecular flexibility index (Phi) is 7.37. The van der Waals surface area contributed by atoms with Gasteiger partial charge in [-0.15, -0.1) is 0 Å². The molecule has 0 spiro atoms. The van der Waals surface area contributed by atoms with E-state index >= 15 is 0 Å². The first-order valence-corrected chi connectivity index (χ1v) is 12.4. The molecule has 0 aliphatic rings. The lowest BCUT2D eigenvalue weighted by Crippen LogP contribution is -2.30. The van der Waals surface area contributed by atoms with Crippen LogP contribution in [0.25, 0.3) is 10.8 Å². The largest absolute Gasteiger partial charge is 0.497 e. The zero-order chi connectivity index (χ0) is 25.9. The average molecular weight is 514 g/mol. The lowest BCUT2D eigenvalue weighted by atomic mass is 10.1. The third kappa shape index (κ3) is 5.24. The molecule has 4 aromatic rings. The van der Waals surface area contributed by atoms with Crippen molar-refractivity contribution in [3.63, 3.8) is 0 Å². The van der Waals surface area contributed by atoms with E-state index in [1.807, 2.05) is 0 Å². The molecule has 36 heavy (non-hydrogen) atoms. The fourth-order valence-corrected chi connectivity index (χ4v) is 5.57. The average Bonchev–Trinajstić information content (AvgIpc) is 2.88. The number of nitrogen functional groups attached to an aromatic ring is 1. The van der Waals surface area contributed by atoms with E-state index in [0.29, 0.717) is 11.5 Å². The van der Waals surface area contributed by atoms with E-state index in [-0.39, 0.29) is 34.4 Å². The molecule has 0 saturated heterocycles. The monoisotopic (exact) mass is 513 g/mol. The summed E-state index contributed by atoms with van der Waals surface area (Å²) in [5.74, 6) is 1.27. The molecule has 2 N–H and O–H groups in total. The Morgan fingerprint density at radius 1 is 0.861 bits per heavy atom. The second-order valence-corrected chi connectivity index (χ2v) is 9.99. The van der Waals surface area contributed by atoms with Crippen molar-refractivity contribution in [2.75, 3.05) is 20.0 Å². The normalized spacial score (nSPS) is 11.8. The van der Waals surface area contributed by atoms with Gasteiger partial charge < -0.3 is 15.2 Å². The number of aromatic nitrogens is 1. The minimum atomic E-state index is -4.20. The van der Waals surface area contributed by atoms with Gasteiger partial charge in [-0.2, -0.15) is 4.31 Å². The Bertz CT molecular complexity index is 1410. The SMILES string of the molecule is COc1ccc(CN(Cc2ccc(OC)cc2)S(=O)(=O)c2cc(N)cc3c(C(F)F)nccc23)cc1. The molecule has 0 radical (unpaired) electrons. The van der Waals surface area contributed by atoms with Crippen molar-refractivity contribution in [2.24, 2.45) is 0 Å². The maximum absolute atomic E-state index is 14.0. The van der Waals surface area contributed by atoms with Crippen LogP contribution < -0.4 is 15.2 Å². The Hall–Kier alpha value is -3.76. The van der Waals surface area contributed by atoms with Gasteiger partial charge in [-0.05, 0) is 53.6 Å². The van der Waals surface area contributed by atoms with Crippen LogP contribution in [0.15, 0.2) is 77.8 Å². The van der Waals surface area contributed by atoms with Crippen molar-refractivity contribution in [1.82, 2.24) is 9.29 Å². The number of sulfonamides is 1. The summed E-state index contributed by atoms with van der Waals surface area (Å²) in [5, 5.41) is 0.129. The van der Waals surface area contributed by atoms with E-state index < -0.39 is 22.1 Å². The fourth-order valence-electron chi connectivity index (χ4n) is 3.91. The van der Waals surface area contributed by atoms with Crippen LogP contribution in [0.5, 0.6) is 11.5 Å². The van der Waals surface area contributed by atoms with E-state index in [1.165, 1.54) is 28.7 Å². The van der Waals surface area contributed by atoms with E-state index in [9.17, 15) is 17.2 Å². The molecule has 0 atom stereocenters. The molecule has 0 fully saturated rings. The van der Waals surface area contributed by atoms with Crippen molar-refractivity contribution in [3.8, 4) is 11.5 Å². The summed E-state index contributed by atoms with van der Waals surface area (Å²) in [5.41, 5.74) is 6.94. The van der Waals surface area contributed by atoms with Gasteiger partial charge in [0, 0.05) is 35.7 Å². The van der Waals surface area contributed by atoms with Gasteiger partial charge in [0.1, 0.15) is 17.2 Å². The maximum atomic E-state index is 14.0. The summed E-state index contributed by atoms with van der Waals surface area (Å²) in [7, 11) is -1.11. The first-order chi connectivity index (χ1) is 17.2. The summed E-state index contributed by atoms with van der Waals surface area (Å²) in [6.45, 7) is 0.0584. The van der Waals surface area contributed by atoms with Crippen molar-refractivity contribution in [1.29, 1.82) is 0 Å². The third-order valence-corrected chi connectivity index (χ3v) is 7.59. The quantitative estimate of drug-likeness (QED) is 0.311. The highest BCUT2D eigenvalue weighted by atomic mass is 32.2. The van der Waals surface area contributed by atoms with Crippen LogP contribution in [0, 0.1) is 0 Å². The molecule has 1 heterocycles. The van der Waals surface area contributed by atoms with Crippen LogP contribution in [0.4, 0.5) is 14.5 Å². The molecular weight excluding hydrogens is 488 g/mol. The van der Waals surface area contributed by atoms with Crippen molar-refractivity contribution < 1.29 is 26.7 Å². The third-order valence-electron chi connectivity index (χ3n) is 5.76. The molecule has 188 valence electrons. The highest BCUT2D eigenvalue weighted by Gasteiger charge is 2.29. The first-order valence-electron chi connectivity index (χ1n) is 10.9. The van der Waals surface area contributed by atoms with Crippen LogP contribution in [0.1, 0.15) is 23.2 Å². The molecule has 1 aromatic heterocycles. The van der Waals surface area contributed by atoms with Gasteiger partial charge in [0.25, 0.3) is 6.43 Å². The first kappa shape index (κ1) is 25.3. The van der Waals surface area contributed by atoms with Crippen molar-refractivity contribution >= 4 is 26.5 Å². The van der Waals surface area contributed by atoms with Gasteiger partial charge in [0.15, 0.2) is 0 Å². The molecule has 7 nitrogen and oxygen atoms in total. The Balaban J connectivity index is 1.83. The number of alkyl halides is 2. The zero-order valence-electron chi connectivity index (χ0n) is 19.7. The van der Waals surface area contributed by atoms with Crippen LogP contribution >= 0.6 is 0 Å². The lowest BCUT2D eigenvalue weighted by Gasteiger charge is -2.24. The molecule has 3 aromatic carbocycles. The van der Waals surface area contributed by atoms with Gasteiger partial charge in [0.05, 0.1) is 19.1 Å². The fraction of sp³-hybridized carbons (Fsp3) is 0.192. The Morgan fingerprint density at radius 3 is 1.86 bits per heavy atom. The van der Waals surface area contributed by atoms with Gasteiger partial charge in [-0.1, -0.05) is 24.3 Å². The molecule has 0 bridgehead atoms. The van der Waals surface area contributed by atoms with E-state index in [1.54, 1.807) is 62.8 Å². The van der Waals surface area contributed by atoms with Crippen molar-refractivity contribution in [3.05, 3.63) is 89.7 Å². The predicted molar refractivity (Wildman–Crippen MR) is 134 cm³/mol. The second kappa shape index (κ2) is 10.5. The standard InChI is InChI=1S/C26H25F2N3O4S/c1-34-20-7-3-17(4-8-20)15-31(16-18-5-9-21(35-2)10-6-18)36(32,33)24-14-19(29)13-23-22(24)11-12-30-25(23)26(27)28/h3-14,26H,15-16,29H2,1-2H3. The number of hydrogen-bond donors (Lipinski definition) is 1. The lowest BCUT2D eigenvalue weighted by molar-refractivity contribution is 0.148. The summed E-state index contributed by atoms with van der Waals surface area (Å²) >= 11 is 0. The van der Waals surface area contributed by atoms with E-state index in [4.69, 9.17) is 15.2 Å². The highest BCUT2D eigenvalue weighted by molar-refractivity contribution is 7.89. The number of anilines is 1. The van der Waals surface area contributed by atoms with Crippen LogP contribution in [-0.2, 0) is 23.1 Å². The van der Waals surface area contributed by atoms with Crippen LogP contribution in [0.2, 0.25) is 0 Å². The number of fused-ring (bicyclic) bond motifs is 1. The number of benzene rings is 3. The summed E-state index contributed by atoms with van der Waals surface area (Å²) < 4.78 is 67.0. The van der Waals surface area contributed by atoms with Crippen LogP contribution in [-0.4, -0.2) is 31.9 Å². The van der Waals surface area contributed by atoms with Gasteiger partial charge >= 0.3 is 0 Å². The van der Waals surface area contributed by atoms with Gasteiger partial charge in [-0.25, -0.2) is 17.2 Å². The van der Waals surface area contributed by atoms with Crippen LogP contribution in [0.3, 0.4) is 0 Å². The highest BCUT2D eigenvalue weighted by Crippen LogP contribution is 2.34. The van der Waals surface area contributed by atoms with E-state index in [2.05, 4.69) is 4.98 Å². The smallest absolute Gasteiger partial charge is 0.280 e. The summed E-state index contributed by atoms with van der Waals surface area (Å²) in [4.78, 5) is 3.58. The number of rotatable bonds is 9. The second-order valence-electron chi connectivity index (χ2n) is 8.08. The molecule has 0 amide bonds.